The van der Waals surface area contributed by atoms with Crippen LogP contribution < -0.4 is 11.1 Å². The fraction of sp³-hybridized carbons (Fsp3) is 0.538. The Morgan fingerprint density at radius 2 is 2.12 bits per heavy atom. The molecule has 0 aliphatic rings. The van der Waals surface area contributed by atoms with Crippen LogP contribution in [-0.2, 0) is 6.42 Å². The van der Waals surface area contributed by atoms with E-state index in [1.165, 1.54) is 5.56 Å². The standard InChI is InChI=1S/C13H21ClN2/c1-10(2)13(9-15)16-7-6-11-4-3-5-12(14)8-11/h3-5,8,10,13,16H,6-7,9,15H2,1-2H3. The van der Waals surface area contributed by atoms with Crippen LogP contribution in [0.15, 0.2) is 24.3 Å². The third-order valence-corrected chi connectivity index (χ3v) is 3.00. The maximum atomic E-state index is 5.92. The quantitative estimate of drug-likeness (QED) is 0.802. The monoisotopic (exact) mass is 240 g/mol. The Morgan fingerprint density at radius 1 is 1.38 bits per heavy atom. The molecule has 0 aromatic heterocycles. The van der Waals surface area contributed by atoms with Crippen LogP contribution >= 0.6 is 11.6 Å². The summed E-state index contributed by atoms with van der Waals surface area (Å²) in [6.07, 6.45) is 0.990. The Hall–Kier alpha value is -0.570. The molecule has 0 radical (unpaired) electrons. The highest BCUT2D eigenvalue weighted by Crippen LogP contribution is 2.10. The van der Waals surface area contributed by atoms with E-state index in [9.17, 15) is 0 Å². The molecule has 0 fully saturated rings. The highest BCUT2D eigenvalue weighted by Gasteiger charge is 2.09. The van der Waals surface area contributed by atoms with E-state index in [4.69, 9.17) is 17.3 Å². The number of benzene rings is 1. The summed E-state index contributed by atoms with van der Waals surface area (Å²) < 4.78 is 0. The number of halogens is 1. The van der Waals surface area contributed by atoms with Crippen LogP contribution in [0.1, 0.15) is 19.4 Å². The molecule has 0 aliphatic heterocycles. The second-order valence-electron chi connectivity index (χ2n) is 4.42. The lowest BCUT2D eigenvalue weighted by molar-refractivity contribution is 0.409. The number of nitrogens with two attached hydrogens (primary N) is 1. The summed E-state index contributed by atoms with van der Waals surface area (Å²) in [7, 11) is 0. The van der Waals surface area contributed by atoms with E-state index in [1.54, 1.807) is 0 Å². The molecular formula is C13H21ClN2. The van der Waals surface area contributed by atoms with Gasteiger partial charge in [0.2, 0.25) is 0 Å². The van der Waals surface area contributed by atoms with Crippen molar-refractivity contribution in [1.82, 2.24) is 5.32 Å². The molecule has 1 rings (SSSR count). The van der Waals surface area contributed by atoms with Gasteiger partial charge in [0, 0.05) is 17.6 Å². The summed E-state index contributed by atoms with van der Waals surface area (Å²) in [5.41, 5.74) is 6.96. The Labute approximate surface area is 103 Å². The second kappa shape index (κ2) is 6.89. The summed E-state index contributed by atoms with van der Waals surface area (Å²) in [6, 6.07) is 8.39. The molecule has 1 atom stereocenters. The SMILES string of the molecule is CC(C)C(CN)NCCc1cccc(Cl)c1. The molecule has 1 aromatic carbocycles. The maximum absolute atomic E-state index is 5.92. The van der Waals surface area contributed by atoms with Gasteiger partial charge in [-0.2, -0.15) is 0 Å². The van der Waals surface area contributed by atoms with Crippen LogP contribution in [0.3, 0.4) is 0 Å². The van der Waals surface area contributed by atoms with Gasteiger partial charge in [-0.3, -0.25) is 0 Å². The van der Waals surface area contributed by atoms with E-state index in [0.717, 1.165) is 18.0 Å². The van der Waals surface area contributed by atoms with Gasteiger partial charge in [-0.15, -0.1) is 0 Å². The molecule has 16 heavy (non-hydrogen) atoms. The van der Waals surface area contributed by atoms with E-state index < -0.39 is 0 Å². The molecule has 0 saturated carbocycles. The van der Waals surface area contributed by atoms with Crippen molar-refractivity contribution in [1.29, 1.82) is 0 Å². The van der Waals surface area contributed by atoms with Gasteiger partial charge in [0.05, 0.1) is 0 Å². The van der Waals surface area contributed by atoms with Crippen molar-refractivity contribution in [3.8, 4) is 0 Å². The molecule has 0 heterocycles. The van der Waals surface area contributed by atoms with Crippen LogP contribution in [0.2, 0.25) is 5.02 Å². The highest BCUT2D eigenvalue weighted by atomic mass is 35.5. The molecule has 3 N–H and O–H groups in total. The molecule has 0 amide bonds. The minimum atomic E-state index is 0.402. The first-order valence-electron chi connectivity index (χ1n) is 5.81. The van der Waals surface area contributed by atoms with E-state index >= 15 is 0 Å². The fourth-order valence-corrected chi connectivity index (χ4v) is 1.90. The highest BCUT2D eigenvalue weighted by molar-refractivity contribution is 6.30. The van der Waals surface area contributed by atoms with Crippen LogP contribution in [0.4, 0.5) is 0 Å². The molecule has 0 spiro atoms. The van der Waals surface area contributed by atoms with Gasteiger partial charge < -0.3 is 11.1 Å². The summed E-state index contributed by atoms with van der Waals surface area (Å²) >= 11 is 5.92. The predicted molar refractivity (Wildman–Crippen MR) is 70.8 cm³/mol. The first-order valence-corrected chi connectivity index (χ1v) is 6.19. The zero-order valence-electron chi connectivity index (χ0n) is 10.0. The predicted octanol–water partition coefficient (Wildman–Crippen LogP) is 2.46. The molecule has 0 aliphatic carbocycles. The number of hydrogen-bond donors (Lipinski definition) is 2. The molecule has 1 unspecified atom stereocenters. The van der Waals surface area contributed by atoms with E-state index in [-0.39, 0.29) is 0 Å². The van der Waals surface area contributed by atoms with Crippen molar-refractivity contribution in [2.24, 2.45) is 11.7 Å². The first-order chi connectivity index (χ1) is 7.63. The Kier molecular flexibility index (Phi) is 5.81. The fourth-order valence-electron chi connectivity index (χ4n) is 1.69. The van der Waals surface area contributed by atoms with Gasteiger partial charge in [-0.25, -0.2) is 0 Å². The summed E-state index contributed by atoms with van der Waals surface area (Å²) in [5.74, 6) is 0.573. The van der Waals surface area contributed by atoms with Crippen molar-refractivity contribution in [2.75, 3.05) is 13.1 Å². The Balaban J connectivity index is 2.35. The van der Waals surface area contributed by atoms with Crippen LogP contribution in [0, 0.1) is 5.92 Å². The van der Waals surface area contributed by atoms with Crippen molar-refractivity contribution < 1.29 is 0 Å². The number of hydrogen-bond acceptors (Lipinski definition) is 2. The van der Waals surface area contributed by atoms with Crippen LogP contribution in [0.5, 0.6) is 0 Å². The Bertz CT molecular complexity index is 313. The smallest absolute Gasteiger partial charge is 0.0408 e. The van der Waals surface area contributed by atoms with E-state index in [0.29, 0.717) is 18.5 Å². The lowest BCUT2D eigenvalue weighted by atomic mass is 10.0. The average Bonchev–Trinajstić information content (AvgIpc) is 2.24. The third-order valence-electron chi connectivity index (χ3n) is 2.77. The van der Waals surface area contributed by atoms with Crippen LogP contribution in [0.25, 0.3) is 0 Å². The molecule has 0 bridgehead atoms. The minimum Gasteiger partial charge on any atom is -0.329 e. The van der Waals surface area contributed by atoms with Gasteiger partial charge in [-0.05, 0) is 36.6 Å². The second-order valence-corrected chi connectivity index (χ2v) is 4.86. The zero-order valence-corrected chi connectivity index (χ0v) is 10.8. The Morgan fingerprint density at radius 3 is 2.69 bits per heavy atom. The van der Waals surface area contributed by atoms with Gasteiger partial charge in [0.1, 0.15) is 0 Å². The molecule has 3 heteroatoms. The van der Waals surface area contributed by atoms with Crippen molar-refractivity contribution in [3.05, 3.63) is 34.9 Å². The molecular weight excluding hydrogens is 220 g/mol. The molecule has 2 nitrogen and oxygen atoms in total. The van der Waals surface area contributed by atoms with E-state index in [2.05, 4.69) is 25.2 Å². The summed E-state index contributed by atoms with van der Waals surface area (Å²) in [5, 5.41) is 4.27. The van der Waals surface area contributed by atoms with Gasteiger partial charge >= 0.3 is 0 Å². The lowest BCUT2D eigenvalue weighted by Gasteiger charge is -2.20. The zero-order chi connectivity index (χ0) is 12.0. The lowest BCUT2D eigenvalue weighted by Crippen LogP contribution is -2.41. The van der Waals surface area contributed by atoms with Gasteiger partial charge in [-0.1, -0.05) is 37.6 Å². The molecule has 90 valence electrons. The third kappa shape index (κ3) is 4.52. The van der Waals surface area contributed by atoms with E-state index in [1.807, 2.05) is 18.2 Å². The van der Waals surface area contributed by atoms with Crippen molar-refractivity contribution in [2.45, 2.75) is 26.3 Å². The largest absolute Gasteiger partial charge is 0.329 e. The van der Waals surface area contributed by atoms with Crippen LogP contribution in [-0.4, -0.2) is 19.1 Å². The summed E-state index contributed by atoms with van der Waals surface area (Å²) in [4.78, 5) is 0. The molecule has 1 aromatic rings. The minimum absolute atomic E-state index is 0.402. The topological polar surface area (TPSA) is 38.0 Å². The number of nitrogens with one attached hydrogen (secondary N) is 1. The first kappa shape index (κ1) is 13.5. The maximum Gasteiger partial charge on any atom is 0.0408 e. The normalized spacial score (nSPS) is 13.1. The summed E-state index contributed by atoms with van der Waals surface area (Å²) in [6.45, 7) is 6.00. The van der Waals surface area contributed by atoms with Gasteiger partial charge in [0.15, 0.2) is 0 Å². The van der Waals surface area contributed by atoms with Crippen molar-refractivity contribution >= 4 is 11.6 Å². The van der Waals surface area contributed by atoms with Gasteiger partial charge in [0.25, 0.3) is 0 Å². The average molecular weight is 241 g/mol. The number of rotatable bonds is 6. The van der Waals surface area contributed by atoms with Crippen molar-refractivity contribution in [3.63, 3.8) is 0 Å². The molecule has 0 saturated heterocycles.